The molecule has 0 aliphatic carbocycles. The third-order valence-corrected chi connectivity index (χ3v) is 4.12. The van der Waals surface area contributed by atoms with Crippen molar-refractivity contribution in [3.8, 4) is 0 Å². The van der Waals surface area contributed by atoms with Crippen molar-refractivity contribution in [3.63, 3.8) is 0 Å². The molecule has 0 bridgehead atoms. The molecule has 0 atom stereocenters. The van der Waals surface area contributed by atoms with Gasteiger partial charge in [0.1, 0.15) is 6.33 Å². The normalized spacial score (nSPS) is 15.4. The van der Waals surface area contributed by atoms with Crippen LogP contribution in [0.25, 0.3) is 11.2 Å². The van der Waals surface area contributed by atoms with Crippen molar-refractivity contribution in [3.05, 3.63) is 30.6 Å². The molecule has 4 rings (SSSR count). The Bertz CT molecular complexity index is 834. The van der Waals surface area contributed by atoms with Gasteiger partial charge in [0.2, 0.25) is 5.95 Å². The van der Waals surface area contributed by atoms with Crippen LogP contribution in [0, 0.1) is 6.92 Å². The number of anilines is 2. The first-order valence-electron chi connectivity index (χ1n) is 7.64. The number of hydrogen-bond acceptors (Lipinski definition) is 7. The Balaban J connectivity index is 1.55. The topological polar surface area (TPSA) is 75.9 Å². The first-order chi connectivity index (χ1) is 11.2. The summed E-state index contributed by atoms with van der Waals surface area (Å²) in [4.78, 5) is 26.5. The zero-order valence-corrected chi connectivity index (χ0v) is 13.2. The maximum atomic E-state index is 4.50. The van der Waals surface area contributed by atoms with Gasteiger partial charge in [-0.1, -0.05) is 0 Å². The molecule has 1 aliphatic heterocycles. The van der Waals surface area contributed by atoms with Gasteiger partial charge in [-0.2, -0.15) is 0 Å². The predicted octanol–water partition coefficient (Wildman–Crippen LogP) is 0.788. The lowest BCUT2D eigenvalue weighted by Crippen LogP contribution is -2.47. The van der Waals surface area contributed by atoms with E-state index in [9.17, 15) is 0 Å². The third kappa shape index (κ3) is 2.45. The average Bonchev–Trinajstić information content (AvgIpc) is 2.97. The molecule has 23 heavy (non-hydrogen) atoms. The summed E-state index contributed by atoms with van der Waals surface area (Å²) in [6.07, 6.45) is 5.20. The van der Waals surface area contributed by atoms with Gasteiger partial charge >= 0.3 is 0 Å². The molecule has 0 spiro atoms. The van der Waals surface area contributed by atoms with Crippen LogP contribution in [0.1, 0.15) is 5.69 Å². The molecule has 4 heterocycles. The van der Waals surface area contributed by atoms with Gasteiger partial charge in [0.25, 0.3) is 0 Å². The fourth-order valence-corrected chi connectivity index (χ4v) is 2.87. The van der Waals surface area contributed by atoms with E-state index in [0.29, 0.717) is 0 Å². The van der Waals surface area contributed by atoms with Crippen molar-refractivity contribution in [1.29, 1.82) is 0 Å². The molecular weight excluding hydrogens is 292 g/mol. The van der Waals surface area contributed by atoms with E-state index in [0.717, 1.165) is 54.8 Å². The second kappa shape index (κ2) is 5.45. The van der Waals surface area contributed by atoms with Crippen LogP contribution in [0.3, 0.4) is 0 Å². The molecular formula is C15H18N8. The van der Waals surface area contributed by atoms with Gasteiger partial charge in [-0.05, 0) is 13.0 Å². The van der Waals surface area contributed by atoms with E-state index in [1.807, 2.05) is 30.8 Å². The Morgan fingerprint density at radius 1 is 0.957 bits per heavy atom. The Morgan fingerprint density at radius 2 is 1.74 bits per heavy atom. The molecule has 8 nitrogen and oxygen atoms in total. The van der Waals surface area contributed by atoms with Gasteiger partial charge in [-0.15, -0.1) is 0 Å². The van der Waals surface area contributed by atoms with Crippen LogP contribution in [0.4, 0.5) is 11.8 Å². The van der Waals surface area contributed by atoms with Crippen LogP contribution in [0.15, 0.2) is 24.9 Å². The van der Waals surface area contributed by atoms with Crippen molar-refractivity contribution in [1.82, 2.24) is 29.5 Å². The molecule has 118 valence electrons. The summed E-state index contributed by atoms with van der Waals surface area (Å²) in [5, 5.41) is 0. The molecule has 8 heteroatoms. The predicted molar refractivity (Wildman–Crippen MR) is 87.5 cm³/mol. The van der Waals surface area contributed by atoms with Gasteiger partial charge in [0.15, 0.2) is 17.0 Å². The van der Waals surface area contributed by atoms with Crippen molar-refractivity contribution in [2.24, 2.45) is 7.05 Å². The lowest BCUT2D eigenvalue weighted by molar-refractivity contribution is 0.634. The molecule has 0 amide bonds. The van der Waals surface area contributed by atoms with Crippen LogP contribution >= 0.6 is 0 Å². The summed E-state index contributed by atoms with van der Waals surface area (Å²) in [6, 6.07) is 1.92. The average molecular weight is 310 g/mol. The number of hydrogen-bond donors (Lipinski definition) is 0. The van der Waals surface area contributed by atoms with E-state index in [1.54, 1.807) is 12.7 Å². The Morgan fingerprint density at radius 3 is 2.52 bits per heavy atom. The largest absolute Gasteiger partial charge is 0.351 e. The van der Waals surface area contributed by atoms with Gasteiger partial charge < -0.3 is 14.4 Å². The molecule has 0 unspecified atom stereocenters. The van der Waals surface area contributed by atoms with E-state index in [1.165, 1.54) is 0 Å². The standard InChI is InChI=1S/C15H18N8/c1-11-3-4-16-15(20-11)23-7-5-22(6-8-23)14-12-13(17-9-18-14)21(2)10-19-12/h3-4,9-10H,5-8H2,1-2H3. The molecule has 1 aliphatic rings. The third-order valence-electron chi connectivity index (χ3n) is 4.12. The minimum atomic E-state index is 0.801. The van der Waals surface area contributed by atoms with Gasteiger partial charge in [0.05, 0.1) is 6.33 Å². The second-order valence-electron chi connectivity index (χ2n) is 5.70. The summed E-state index contributed by atoms with van der Waals surface area (Å²) >= 11 is 0. The number of nitrogens with zero attached hydrogens (tertiary/aromatic N) is 8. The number of aromatic nitrogens is 6. The van der Waals surface area contributed by atoms with Crippen LogP contribution in [0.2, 0.25) is 0 Å². The SMILES string of the molecule is Cc1ccnc(N2CCN(c3ncnc4c3ncn4C)CC2)n1. The van der Waals surface area contributed by atoms with Crippen molar-refractivity contribution < 1.29 is 0 Å². The van der Waals surface area contributed by atoms with E-state index in [-0.39, 0.29) is 0 Å². The first kappa shape index (κ1) is 13.9. The second-order valence-corrected chi connectivity index (χ2v) is 5.70. The van der Waals surface area contributed by atoms with Gasteiger partial charge in [-0.25, -0.2) is 24.9 Å². The van der Waals surface area contributed by atoms with E-state index in [2.05, 4.69) is 34.7 Å². The van der Waals surface area contributed by atoms with Crippen molar-refractivity contribution in [2.45, 2.75) is 6.92 Å². The van der Waals surface area contributed by atoms with E-state index < -0.39 is 0 Å². The maximum Gasteiger partial charge on any atom is 0.225 e. The molecule has 0 radical (unpaired) electrons. The van der Waals surface area contributed by atoms with Crippen LogP contribution in [0.5, 0.6) is 0 Å². The van der Waals surface area contributed by atoms with Crippen LogP contribution in [-0.4, -0.2) is 55.7 Å². The molecule has 0 N–H and O–H groups in total. The molecule has 3 aromatic heterocycles. The van der Waals surface area contributed by atoms with Crippen LogP contribution < -0.4 is 9.80 Å². The van der Waals surface area contributed by atoms with Crippen molar-refractivity contribution in [2.75, 3.05) is 36.0 Å². The highest BCUT2D eigenvalue weighted by molar-refractivity contribution is 5.83. The maximum absolute atomic E-state index is 4.50. The molecule has 0 aromatic carbocycles. The minimum absolute atomic E-state index is 0.801. The number of rotatable bonds is 2. The zero-order chi connectivity index (χ0) is 15.8. The highest BCUT2D eigenvalue weighted by atomic mass is 15.3. The molecule has 1 fully saturated rings. The minimum Gasteiger partial charge on any atom is -0.351 e. The quantitative estimate of drug-likeness (QED) is 0.692. The number of aryl methyl sites for hydroxylation is 2. The summed E-state index contributed by atoms with van der Waals surface area (Å²) in [7, 11) is 1.94. The summed E-state index contributed by atoms with van der Waals surface area (Å²) in [6.45, 7) is 5.43. The summed E-state index contributed by atoms with van der Waals surface area (Å²) in [5.41, 5.74) is 2.71. The van der Waals surface area contributed by atoms with E-state index in [4.69, 9.17) is 0 Å². The lowest BCUT2D eigenvalue weighted by Gasteiger charge is -2.35. The highest BCUT2D eigenvalue weighted by Crippen LogP contribution is 2.22. The monoisotopic (exact) mass is 310 g/mol. The Labute approximate surface area is 133 Å². The number of piperazine rings is 1. The number of fused-ring (bicyclic) bond motifs is 1. The van der Waals surface area contributed by atoms with Gasteiger partial charge in [-0.3, -0.25) is 0 Å². The molecule has 0 saturated carbocycles. The van der Waals surface area contributed by atoms with Crippen molar-refractivity contribution >= 4 is 22.9 Å². The van der Waals surface area contributed by atoms with Gasteiger partial charge in [0, 0.05) is 45.1 Å². The molecule has 1 saturated heterocycles. The molecule has 3 aromatic rings. The smallest absolute Gasteiger partial charge is 0.225 e. The highest BCUT2D eigenvalue weighted by Gasteiger charge is 2.22. The lowest BCUT2D eigenvalue weighted by atomic mass is 10.3. The van der Waals surface area contributed by atoms with E-state index >= 15 is 0 Å². The fourth-order valence-electron chi connectivity index (χ4n) is 2.87. The first-order valence-corrected chi connectivity index (χ1v) is 7.64. The Hall–Kier alpha value is -2.77. The Kier molecular flexibility index (Phi) is 3.29. The summed E-state index contributed by atoms with van der Waals surface area (Å²) < 4.78 is 1.91. The number of imidazole rings is 1. The van der Waals surface area contributed by atoms with Crippen LogP contribution in [-0.2, 0) is 7.05 Å². The zero-order valence-electron chi connectivity index (χ0n) is 13.2. The fraction of sp³-hybridized carbons (Fsp3) is 0.400. The summed E-state index contributed by atoms with van der Waals surface area (Å²) in [5.74, 6) is 1.70.